The van der Waals surface area contributed by atoms with Gasteiger partial charge in [-0.25, -0.2) is 4.99 Å². The van der Waals surface area contributed by atoms with E-state index in [1.54, 1.807) is 14.2 Å². The average Bonchev–Trinajstić information content (AvgIpc) is 2.58. The Hall–Kier alpha value is -1.56. The first-order chi connectivity index (χ1) is 11.2. The maximum Gasteiger partial charge on any atom is 0.188 e. The first kappa shape index (κ1) is 19.5. The fourth-order valence-electron chi connectivity index (χ4n) is 2.15. The number of methoxy groups -OCH3 is 2. The molecule has 0 unspecified atom stereocenters. The number of guanidine groups is 1. The Labute approximate surface area is 144 Å². The van der Waals surface area contributed by atoms with Crippen LogP contribution in [0.3, 0.4) is 0 Å². The van der Waals surface area contributed by atoms with Crippen molar-refractivity contribution in [2.24, 2.45) is 10.7 Å². The number of aliphatic imine (C=N–C) groups is 1. The second kappa shape index (κ2) is 11.9. The molecule has 0 aromatic heterocycles. The molecular weight excluding hydrogens is 310 g/mol. The van der Waals surface area contributed by atoms with Crippen molar-refractivity contribution in [2.75, 3.05) is 32.8 Å². The molecular formula is C17H29N3O2S. The number of hydrogen-bond donors (Lipinski definition) is 2. The van der Waals surface area contributed by atoms with Gasteiger partial charge in [-0.05, 0) is 42.5 Å². The van der Waals surface area contributed by atoms with Crippen molar-refractivity contribution in [2.45, 2.75) is 32.2 Å². The van der Waals surface area contributed by atoms with Gasteiger partial charge in [0.2, 0.25) is 0 Å². The maximum absolute atomic E-state index is 5.89. The third kappa shape index (κ3) is 8.02. The number of unbranched alkanes of at least 4 members (excludes halogenated alkanes) is 3. The zero-order valence-corrected chi connectivity index (χ0v) is 15.2. The van der Waals surface area contributed by atoms with Gasteiger partial charge in [-0.1, -0.05) is 18.9 Å². The highest BCUT2D eigenvalue weighted by Gasteiger charge is 2.04. The van der Waals surface area contributed by atoms with Gasteiger partial charge >= 0.3 is 0 Å². The Morgan fingerprint density at radius 3 is 2.57 bits per heavy atom. The fraction of sp³-hybridized carbons (Fsp3) is 0.588. The van der Waals surface area contributed by atoms with Crippen LogP contribution in [0, 0.1) is 0 Å². The molecule has 23 heavy (non-hydrogen) atoms. The van der Waals surface area contributed by atoms with Gasteiger partial charge in [-0.15, -0.1) is 0 Å². The predicted molar refractivity (Wildman–Crippen MR) is 99.7 cm³/mol. The SMILES string of the molecule is COc1ccc(CN=C(N)NCCCCCCSC)cc1OC. The van der Waals surface area contributed by atoms with Gasteiger partial charge in [-0.2, -0.15) is 11.8 Å². The second-order valence-corrected chi connectivity index (χ2v) is 6.21. The number of nitrogens with one attached hydrogen (secondary N) is 1. The number of nitrogens with zero attached hydrogens (tertiary/aromatic N) is 1. The highest BCUT2D eigenvalue weighted by molar-refractivity contribution is 7.98. The van der Waals surface area contributed by atoms with Crippen molar-refractivity contribution >= 4 is 17.7 Å². The van der Waals surface area contributed by atoms with Crippen LogP contribution in [0.1, 0.15) is 31.2 Å². The molecule has 130 valence electrons. The molecule has 0 spiro atoms. The van der Waals surface area contributed by atoms with Crippen molar-refractivity contribution < 1.29 is 9.47 Å². The van der Waals surface area contributed by atoms with E-state index in [9.17, 15) is 0 Å². The summed E-state index contributed by atoms with van der Waals surface area (Å²) in [6, 6.07) is 5.76. The first-order valence-corrected chi connectivity index (χ1v) is 9.34. The van der Waals surface area contributed by atoms with Gasteiger partial charge in [-0.3, -0.25) is 0 Å². The molecule has 0 amide bonds. The number of hydrogen-bond acceptors (Lipinski definition) is 4. The van der Waals surface area contributed by atoms with E-state index in [2.05, 4.69) is 16.6 Å². The Morgan fingerprint density at radius 2 is 1.87 bits per heavy atom. The van der Waals surface area contributed by atoms with Crippen molar-refractivity contribution in [3.63, 3.8) is 0 Å². The monoisotopic (exact) mass is 339 g/mol. The molecule has 1 aromatic rings. The molecule has 0 radical (unpaired) electrons. The summed E-state index contributed by atoms with van der Waals surface area (Å²) >= 11 is 1.91. The van der Waals surface area contributed by atoms with E-state index < -0.39 is 0 Å². The van der Waals surface area contributed by atoms with E-state index >= 15 is 0 Å². The molecule has 1 rings (SSSR count). The molecule has 6 heteroatoms. The smallest absolute Gasteiger partial charge is 0.188 e. The van der Waals surface area contributed by atoms with E-state index in [4.69, 9.17) is 15.2 Å². The normalized spacial score (nSPS) is 11.3. The van der Waals surface area contributed by atoms with Gasteiger partial charge in [0.15, 0.2) is 17.5 Å². The van der Waals surface area contributed by atoms with Crippen LogP contribution < -0.4 is 20.5 Å². The van der Waals surface area contributed by atoms with Gasteiger partial charge < -0.3 is 20.5 Å². The minimum absolute atomic E-state index is 0.490. The highest BCUT2D eigenvalue weighted by atomic mass is 32.2. The Kier molecular flexibility index (Phi) is 10.1. The lowest BCUT2D eigenvalue weighted by Gasteiger charge is -2.09. The molecule has 0 saturated heterocycles. The molecule has 0 aliphatic heterocycles. The molecule has 0 heterocycles. The van der Waals surface area contributed by atoms with Gasteiger partial charge in [0.25, 0.3) is 0 Å². The van der Waals surface area contributed by atoms with Crippen LogP contribution in [0.15, 0.2) is 23.2 Å². The Morgan fingerprint density at radius 1 is 1.13 bits per heavy atom. The minimum Gasteiger partial charge on any atom is -0.493 e. The Balaban J connectivity index is 2.30. The van der Waals surface area contributed by atoms with Crippen LogP contribution in [-0.4, -0.2) is 38.7 Å². The lowest BCUT2D eigenvalue weighted by Crippen LogP contribution is -2.32. The average molecular weight is 340 g/mol. The van der Waals surface area contributed by atoms with Crippen molar-refractivity contribution in [1.29, 1.82) is 0 Å². The zero-order valence-electron chi connectivity index (χ0n) is 14.4. The van der Waals surface area contributed by atoms with E-state index in [1.165, 1.54) is 25.0 Å². The quantitative estimate of drug-likeness (QED) is 0.368. The lowest BCUT2D eigenvalue weighted by atomic mass is 10.2. The fourth-order valence-corrected chi connectivity index (χ4v) is 2.65. The van der Waals surface area contributed by atoms with Crippen LogP contribution in [0.25, 0.3) is 0 Å². The summed E-state index contributed by atoms with van der Waals surface area (Å²) in [5.41, 5.74) is 6.92. The lowest BCUT2D eigenvalue weighted by molar-refractivity contribution is 0.354. The summed E-state index contributed by atoms with van der Waals surface area (Å²) in [6.45, 7) is 1.40. The summed E-state index contributed by atoms with van der Waals surface area (Å²) in [5.74, 6) is 3.16. The van der Waals surface area contributed by atoms with Gasteiger partial charge in [0, 0.05) is 6.54 Å². The first-order valence-electron chi connectivity index (χ1n) is 7.95. The summed E-state index contributed by atoms with van der Waals surface area (Å²) in [4.78, 5) is 4.36. The molecule has 0 atom stereocenters. The van der Waals surface area contributed by atoms with Crippen molar-refractivity contribution in [3.8, 4) is 11.5 Å². The zero-order chi connectivity index (χ0) is 16.9. The largest absolute Gasteiger partial charge is 0.493 e. The van der Waals surface area contributed by atoms with E-state index in [-0.39, 0.29) is 0 Å². The van der Waals surface area contributed by atoms with Crippen LogP contribution in [0.5, 0.6) is 11.5 Å². The van der Waals surface area contributed by atoms with E-state index in [0.29, 0.717) is 24.0 Å². The number of ether oxygens (including phenoxy) is 2. The van der Waals surface area contributed by atoms with Crippen LogP contribution >= 0.6 is 11.8 Å². The standard InChI is InChI=1S/C17H29N3O2S/c1-21-15-9-8-14(12-16(15)22-2)13-20-17(18)19-10-6-4-5-7-11-23-3/h8-9,12H,4-7,10-11,13H2,1-3H3,(H3,18,19,20). The van der Waals surface area contributed by atoms with Gasteiger partial charge in [0.05, 0.1) is 20.8 Å². The highest BCUT2D eigenvalue weighted by Crippen LogP contribution is 2.27. The molecule has 0 aliphatic rings. The van der Waals surface area contributed by atoms with E-state index in [0.717, 1.165) is 18.5 Å². The molecule has 0 fully saturated rings. The van der Waals surface area contributed by atoms with Gasteiger partial charge in [0.1, 0.15) is 0 Å². The van der Waals surface area contributed by atoms with Crippen LogP contribution in [-0.2, 0) is 6.54 Å². The van der Waals surface area contributed by atoms with Crippen molar-refractivity contribution in [1.82, 2.24) is 5.32 Å². The number of benzene rings is 1. The molecule has 5 nitrogen and oxygen atoms in total. The number of thioether (sulfide) groups is 1. The third-order valence-electron chi connectivity index (χ3n) is 3.46. The molecule has 0 aliphatic carbocycles. The van der Waals surface area contributed by atoms with Crippen molar-refractivity contribution in [3.05, 3.63) is 23.8 Å². The summed E-state index contributed by atoms with van der Waals surface area (Å²) in [7, 11) is 3.25. The predicted octanol–water partition coefficient (Wildman–Crippen LogP) is 3.03. The van der Waals surface area contributed by atoms with Crippen LogP contribution in [0.2, 0.25) is 0 Å². The topological polar surface area (TPSA) is 68.9 Å². The molecule has 0 saturated carbocycles. The Bertz CT molecular complexity index is 481. The number of rotatable bonds is 11. The van der Waals surface area contributed by atoms with E-state index in [1.807, 2.05) is 30.0 Å². The second-order valence-electron chi connectivity index (χ2n) is 5.22. The maximum atomic E-state index is 5.89. The molecule has 1 aromatic carbocycles. The third-order valence-corrected chi connectivity index (χ3v) is 4.16. The molecule has 0 bridgehead atoms. The summed E-state index contributed by atoms with van der Waals surface area (Å²) in [6.07, 6.45) is 7.09. The number of nitrogens with two attached hydrogens (primary N) is 1. The molecule has 3 N–H and O–H groups in total. The summed E-state index contributed by atoms with van der Waals surface area (Å²) in [5, 5.41) is 3.16. The minimum atomic E-state index is 0.490. The summed E-state index contributed by atoms with van der Waals surface area (Å²) < 4.78 is 10.5. The van der Waals surface area contributed by atoms with Crippen LogP contribution in [0.4, 0.5) is 0 Å².